The van der Waals surface area contributed by atoms with Gasteiger partial charge in [0, 0.05) is 13.1 Å². The molecule has 0 radical (unpaired) electrons. The molecule has 0 heterocycles. The summed E-state index contributed by atoms with van der Waals surface area (Å²) < 4.78 is 27.9. The monoisotopic (exact) mass is 231 g/mol. The molecule has 0 bridgehead atoms. The van der Waals surface area contributed by atoms with Gasteiger partial charge < -0.3 is 15.2 Å². The Labute approximate surface area is 93.0 Å². The highest BCUT2D eigenvalue weighted by molar-refractivity contribution is 5.27. The molecule has 0 aliphatic carbocycles. The Morgan fingerprint density at radius 1 is 1.31 bits per heavy atom. The highest BCUT2D eigenvalue weighted by Gasteiger charge is 2.03. The second kappa shape index (κ2) is 6.40. The minimum atomic E-state index is -2.79. The zero-order valence-corrected chi connectivity index (χ0v) is 8.99. The van der Waals surface area contributed by atoms with Gasteiger partial charge in [-0.05, 0) is 24.6 Å². The Morgan fingerprint density at radius 2 is 1.94 bits per heavy atom. The maximum Gasteiger partial charge on any atom is 0.387 e. The first-order valence-electron chi connectivity index (χ1n) is 5.00. The van der Waals surface area contributed by atoms with Crippen molar-refractivity contribution in [3.8, 4) is 5.75 Å². The van der Waals surface area contributed by atoms with Crippen molar-refractivity contribution in [2.45, 2.75) is 26.2 Å². The van der Waals surface area contributed by atoms with E-state index in [1.807, 2.05) is 0 Å². The van der Waals surface area contributed by atoms with Gasteiger partial charge in [-0.25, -0.2) is 0 Å². The van der Waals surface area contributed by atoms with Crippen LogP contribution in [-0.4, -0.2) is 24.4 Å². The molecule has 0 spiro atoms. The van der Waals surface area contributed by atoms with Crippen molar-refractivity contribution in [1.82, 2.24) is 5.32 Å². The van der Waals surface area contributed by atoms with Gasteiger partial charge in [-0.2, -0.15) is 8.78 Å². The SMILES string of the molecule is C[C@@H](O)CNCc1ccc(OC(F)F)cc1. The van der Waals surface area contributed by atoms with E-state index in [0.717, 1.165) is 5.56 Å². The van der Waals surface area contributed by atoms with E-state index in [4.69, 9.17) is 5.11 Å². The molecule has 0 aromatic heterocycles. The fourth-order valence-electron chi connectivity index (χ4n) is 1.21. The summed E-state index contributed by atoms with van der Waals surface area (Å²) >= 11 is 0. The lowest BCUT2D eigenvalue weighted by Crippen LogP contribution is -2.23. The van der Waals surface area contributed by atoms with Crippen LogP contribution in [0.25, 0.3) is 0 Å². The van der Waals surface area contributed by atoms with Gasteiger partial charge in [0.1, 0.15) is 5.75 Å². The summed E-state index contributed by atoms with van der Waals surface area (Å²) in [5, 5.41) is 12.0. The minimum Gasteiger partial charge on any atom is -0.435 e. The van der Waals surface area contributed by atoms with Gasteiger partial charge in [0.15, 0.2) is 0 Å². The van der Waals surface area contributed by atoms with Gasteiger partial charge in [-0.1, -0.05) is 12.1 Å². The predicted octanol–water partition coefficient (Wildman–Crippen LogP) is 1.76. The zero-order chi connectivity index (χ0) is 12.0. The van der Waals surface area contributed by atoms with Crippen molar-refractivity contribution in [2.24, 2.45) is 0 Å². The Kier molecular flexibility index (Phi) is 5.14. The average Bonchev–Trinajstić information content (AvgIpc) is 2.19. The fraction of sp³-hybridized carbons (Fsp3) is 0.455. The van der Waals surface area contributed by atoms with Gasteiger partial charge in [0.25, 0.3) is 0 Å². The molecule has 1 atom stereocenters. The topological polar surface area (TPSA) is 41.5 Å². The molecule has 0 amide bonds. The van der Waals surface area contributed by atoms with Crippen LogP contribution < -0.4 is 10.1 Å². The number of ether oxygens (including phenoxy) is 1. The molecule has 0 aliphatic rings. The van der Waals surface area contributed by atoms with Crippen LogP contribution in [0.15, 0.2) is 24.3 Å². The number of hydrogen-bond donors (Lipinski definition) is 2. The largest absolute Gasteiger partial charge is 0.435 e. The molecule has 1 aromatic rings. The summed E-state index contributed by atoms with van der Waals surface area (Å²) in [5.41, 5.74) is 0.947. The van der Waals surface area contributed by atoms with Crippen LogP contribution in [0, 0.1) is 0 Å². The van der Waals surface area contributed by atoms with E-state index in [1.165, 1.54) is 12.1 Å². The molecular formula is C11H15F2NO2. The van der Waals surface area contributed by atoms with E-state index in [9.17, 15) is 8.78 Å². The fourth-order valence-corrected chi connectivity index (χ4v) is 1.21. The maximum absolute atomic E-state index is 11.9. The first-order chi connectivity index (χ1) is 7.58. The van der Waals surface area contributed by atoms with Crippen molar-refractivity contribution in [2.75, 3.05) is 6.54 Å². The predicted molar refractivity (Wildman–Crippen MR) is 56.5 cm³/mol. The van der Waals surface area contributed by atoms with Crippen molar-refractivity contribution in [3.05, 3.63) is 29.8 Å². The van der Waals surface area contributed by atoms with Gasteiger partial charge in [0.05, 0.1) is 6.10 Å². The number of aliphatic hydroxyl groups is 1. The molecule has 16 heavy (non-hydrogen) atoms. The summed E-state index contributed by atoms with van der Waals surface area (Å²) in [4.78, 5) is 0. The number of aliphatic hydroxyl groups excluding tert-OH is 1. The molecule has 0 unspecified atom stereocenters. The highest BCUT2D eigenvalue weighted by atomic mass is 19.3. The Hall–Kier alpha value is -1.20. The summed E-state index contributed by atoms with van der Waals surface area (Å²) in [6.45, 7) is -0.0268. The standard InChI is InChI=1S/C11H15F2NO2/c1-8(15)6-14-7-9-2-4-10(5-3-9)16-11(12)13/h2-5,8,11,14-15H,6-7H2,1H3/t8-/m1/s1. The average molecular weight is 231 g/mol. The smallest absolute Gasteiger partial charge is 0.387 e. The minimum absolute atomic E-state index is 0.147. The summed E-state index contributed by atoms with van der Waals surface area (Å²) in [6.07, 6.45) is -0.401. The highest BCUT2D eigenvalue weighted by Crippen LogP contribution is 2.14. The Morgan fingerprint density at radius 3 is 2.44 bits per heavy atom. The molecule has 0 saturated carbocycles. The Balaban J connectivity index is 2.39. The lowest BCUT2D eigenvalue weighted by molar-refractivity contribution is -0.0498. The molecule has 1 rings (SSSR count). The molecule has 2 N–H and O–H groups in total. The molecule has 1 aromatic carbocycles. The second-order valence-electron chi connectivity index (χ2n) is 3.50. The van der Waals surface area contributed by atoms with Gasteiger partial charge in [0.2, 0.25) is 0 Å². The van der Waals surface area contributed by atoms with Crippen LogP contribution in [0.2, 0.25) is 0 Å². The van der Waals surface area contributed by atoms with Crippen LogP contribution >= 0.6 is 0 Å². The van der Waals surface area contributed by atoms with E-state index in [2.05, 4.69) is 10.1 Å². The number of hydrogen-bond acceptors (Lipinski definition) is 3. The molecule has 0 aliphatic heterocycles. The van der Waals surface area contributed by atoms with Crippen LogP contribution in [-0.2, 0) is 6.54 Å². The first-order valence-corrected chi connectivity index (χ1v) is 5.00. The van der Waals surface area contributed by atoms with E-state index in [-0.39, 0.29) is 5.75 Å². The molecular weight excluding hydrogens is 216 g/mol. The van der Waals surface area contributed by atoms with Crippen LogP contribution in [0.4, 0.5) is 8.78 Å². The van der Waals surface area contributed by atoms with Crippen LogP contribution in [0.1, 0.15) is 12.5 Å². The number of alkyl halides is 2. The summed E-state index contributed by atoms with van der Waals surface area (Å²) in [6, 6.07) is 6.39. The normalized spacial score (nSPS) is 12.8. The van der Waals surface area contributed by atoms with Crippen molar-refractivity contribution < 1.29 is 18.6 Å². The number of halogens is 2. The third-order valence-electron chi connectivity index (χ3n) is 1.92. The third-order valence-corrected chi connectivity index (χ3v) is 1.92. The van der Waals surface area contributed by atoms with E-state index in [1.54, 1.807) is 19.1 Å². The van der Waals surface area contributed by atoms with E-state index < -0.39 is 12.7 Å². The second-order valence-corrected chi connectivity index (χ2v) is 3.50. The summed E-state index contributed by atoms with van der Waals surface area (Å²) in [7, 11) is 0. The lowest BCUT2D eigenvalue weighted by atomic mass is 10.2. The van der Waals surface area contributed by atoms with Crippen molar-refractivity contribution >= 4 is 0 Å². The Bertz CT molecular complexity index is 301. The quantitative estimate of drug-likeness (QED) is 0.783. The molecule has 3 nitrogen and oxygen atoms in total. The molecule has 90 valence electrons. The third kappa shape index (κ3) is 5.04. The number of benzene rings is 1. The molecule has 5 heteroatoms. The number of rotatable bonds is 6. The van der Waals surface area contributed by atoms with E-state index in [0.29, 0.717) is 13.1 Å². The van der Waals surface area contributed by atoms with Gasteiger partial charge in [-0.3, -0.25) is 0 Å². The van der Waals surface area contributed by atoms with E-state index >= 15 is 0 Å². The molecule has 0 saturated heterocycles. The van der Waals surface area contributed by atoms with Crippen molar-refractivity contribution in [3.63, 3.8) is 0 Å². The van der Waals surface area contributed by atoms with Crippen LogP contribution in [0.5, 0.6) is 5.75 Å². The van der Waals surface area contributed by atoms with Crippen LogP contribution in [0.3, 0.4) is 0 Å². The summed E-state index contributed by atoms with van der Waals surface area (Å²) in [5.74, 6) is 0.147. The van der Waals surface area contributed by atoms with Gasteiger partial charge in [-0.15, -0.1) is 0 Å². The first kappa shape index (κ1) is 12.9. The lowest BCUT2D eigenvalue weighted by Gasteiger charge is -2.08. The van der Waals surface area contributed by atoms with Gasteiger partial charge >= 0.3 is 6.61 Å². The number of nitrogens with one attached hydrogen (secondary N) is 1. The maximum atomic E-state index is 11.9. The molecule has 0 fully saturated rings. The zero-order valence-electron chi connectivity index (χ0n) is 8.99. The van der Waals surface area contributed by atoms with Crippen molar-refractivity contribution in [1.29, 1.82) is 0 Å².